The second-order valence-corrected chi connectivity index (χ2v) is 6.43. The Morgan fingerprint density at radius 2 is 1.81 bits per heavy atom. The van der Waals surface area contributed by atoms with Gasteiger partial charge < -0.3 is 4.74 Å². The number of halogens is 1. The third-order valence-electron chi connectivity index (χ3n) is 4.01. The number of carbonyl (C=O) groups is 1. The highest BCUT2D eigenvalue weighted by atomic mass is 35.5. The van der Waals surface area contributed by atoms with Gasteiger partial charge in [-0.25, -0.2) is 4.68 Å². The summed E-state index contributed by atoms with van der Waals surface area (Å²) in [4.78, 5) is 24.7. The van der Waals surface area contributed by atoms with Crippen LogP contribution in [-0.4, -0.2) is 22.4 Å². The van der Waals surface area contributed by atoms with Crippen molar-refractivity contribution in [2.75, 3.05) is 6.61 Å². The van der Waals surface area contributed by atoms with Crippen LogP contribution in [0.2, 0.25) is 5.02 Å². The second kappa shape index (κ2) is 8.64. The number of benzene rings is 2. The van der Waals surface area contributed by atoms with E-state index in [1.165, 1.54) is 4.68 Å². The Hall–Kier alpha value is -2.92. The number of ether oxygens (including phenoxy) is 1. The van der Waals surface area contributed by atoms with Gasteiger partial charge in [-0.05, 0) is 30.7 Å². The summed E-state index contributed by atoms with van der Waals surface area (Å²) < 4.78 is 6.13. The van der Waals surface area contributed by atoms with Gasteiger partial charge in [0.2, 0.25) is 0 Å². The number of hydrogen-bond donors (Lipinski definition) is 0. The van der Waals surface area contributed by atoms with Crippen molar-refractivity contribution in [3.8, 4) is 11.3 Å². The van der Waals surface area contributed by atoms with Crippen molar-refractivity contribution in [1.82, 2.24) is 9.78 Å². The Morgan fingerprint density at radius 1 is 1.11 bits per heavy atom. The zero-order chi connectivity index (χ0) is 19.2. The van der Waals surface area contributed by atoms with Gasteiger partial charge in [0, 0.05) is 22.6 Å². The number of aromatic nitrogens is 2. The Bertz CT molecular complexity index is 983. The van der Waals surface area contributed by atoms with E-state index in [9.17, 15) is 9.59 Å². The summed E-state index contributed by atoms with van der Waals surface area (Å²) >= 11 is 5.96. The first-order valence-corrected chi connectivity index (χ1v) is 9.01. The smallest absolute Gasteiger partial charge is 0.327 e. The van der Waals surface area contributed by atoms with E-state index >= 15 is 0 Å². The molecule has 0 N–H and O–H groups in total. The average Bonchev–Trinajstić information content (AvgIpc) is 2.66. The molecule has 0 aliphatic rings. The maximum atomic E-state index is 12.8. The van der Waals surface area contributed by atoms with Crippen molar-refractivity contribution < 1.29 is 9.53 Å². The Kier molecular flexibility index (Phi) is 6.04. The Morgan fingerprint density at radius 3 is 2.48 bits per heavy atom. The van der Waals surface area contributed by atoms with E-state index in [0.717, 1.165) is 11.1 Å². The summed E-state index contributed by atoms with van der Waals surface area (Å²) in [6, 6.07) is 18.6. The van der Waals surface area contributed by atoms with Crippen LogP contribution in [0.4, 0.5) is 0 Å². The van der Waals surface area contributed by atoms with Crippen LogP contribution in [0.5, 0.6) is 0 Å². The van der Waals surface area contributed by atoms with E-state index in [4.69, 9.17) is 16.3 Å². The van der Waals surface area contributed by atoms with E-state index in [2.05, 4.69) is 5.10 Å². The van der Waals surface area contributed by atoms with Crippen LogP contribution in [-0.2, 0) is 22.5 Å². The molecule has 0 aliphatic carbocycles. The van der Waals surface area contributed by atoms with E-state index in [1.54, 1.807) is 25.1 Å². The minimum Gasteiger partial charge on any atom is -0.465 e. The first-order chi connectivity index (χ1) is 13.1. The second-order valence-electron chi connectivity index (χ2n) is 5.99. The normalized spacial score (nSPS) is 10.6. The molecule has 0 bridgehead atoms. The fraction of sp³-hybridized carbons (Fsp3) is 0.190. The fourth-order valence-corrected chi connectivity index (χ4v) is 2.86. The van der Waals surface area contributed by atoms with Gasteiger partial charge in [0.15, 0.2) is 0 Å². The van der Waals surface area contributed by atoms with E-state index in [0.29, 0.717) is 22.7 Å². The lowest BCUT2D eigenvalue weighted by Crippen LogP contribution is -2.30. The minimum atomic E-state index is -0.494. The highest BCUT2D eigenvalue weighted by Gasteiger charge is 2.14. The molecule has 27 heavy (non-hydrogen) atoms. The SMILES string of the molecule is CCOC(=O)Cn1nc(-c2ccc(Cl)cc2)cc(Cc2ccccc2)c1=O. The molecule has 0 saturated heterocycles. The van der Waals surface area contributed by atoms with Crippen molar-refractivity contribution >= 4 is 17.6 Å². The van der Waals surface area contributed by atoms with Crippen LogP contribution in [0.1, 0.15) is 18.1 Å². The Balaban J connectivity index is 2.05. The van der Waals surface area contributed by atoms with Crippen molar-refractivity contribution in [3.63, 3.8) is 0 Å². The highest BCUT2D eigenvalue weighted by molar-refractivity contribution is 6.30. The molecule has 2 aromatic carbocycles. The third kappa shape index (κ3) is 4.83. The predicted molar refractivity (Wildman–Crippen MR) is 105 cm³/mol. The number of hydrogen-bond acceptors (Lipinski definition) is 4. The van der Waals surface area contributed by atoms with Crippen LogP contribution in [0.25, 0.3) is 11.3 Å². The van der Waals surface area contributed by atoms with Crippen LogP contribution in [0.15, 0.2) is 65.5 Å². The van der Waals surface area contributed by atoms with Crippen molar-refractivity contribution in [2.45, 2.75) is 19.9 Å². The largest absolute Gasteiger partial charge is 0.465 e. The van der Waals surface area contributed by atoms with Gasteiger partial charge in [0.25, 0.3) is 5.56 Å². The van der Waals surface area contributed by atoms with Gasteiger partial charge in [-0.2, -0.15) is 5.10 Å². The molecule has 0 atom stereocenters. The van der Waals surface area contributed by atoms with Gasteiger partial charge in [0.05, 0.1) is 12.3 Å². The maximum Gasteiger partial charge on any atom is 0.327 e. The topological polar surface area (TPSA) is 61.2 Å². The molecule has 1 aromatic heterocycles. The van der Waals surface area contributed by atoms with Crippen molar-refractivity contribution in [2.24, 2.45) is 0 Å². The standard InChI is InChI=1S/C21H19ClN2O3/c1-2-27-20(25)14-24-21(26)17(12-15-6-4-3-5-7-15)13-19(23-24)16-8-10-18(22)11-9-16/h3-11,13H,2,12,14H2,1H3. The lowest BCUT2D eigenvalue weighted by Gasteiger charge is -2.11. The summed E-state index contributed by atoms with van der Waals surface area (Å²) in [5.41, 5.74) is 2.67. The van der Waals surface area contributed by atoms with Gasteiger partial charge in [-0.3, -0.25) is 9.59 Å². The number of nitrogens with zero attached hydrogens (tertiary/aromatic N) is 2. The molecule has 0 aliphatic heterocycles. The molecule has 3 aromatic rings. The van der Waals surface area contributed by atoms with Gasteiger partial charge >= 0.3 is 5.97 Å². The monoisotopic (exact) mass is 382 g/mol. The van der Waals surface area contributed by atoms with Gasteiger partial charge in [-0.1, -0.05) is 54.1 Å². The molecule has 0 fully saturated rings. The average molecular weight is 383 g/mol. The fourth-order valence-electron chi connectivity index (χ4n) is 2.74. The quantitative estimate of drug-likeness (QED) is 0.609. The van der Waals surface area contributed by atoms with Crippen LogP contribution in [0.3, 0.4) is 0 Å². The van der Waals surface area contributed by atoms with Gasteiger partial charge in [0.1, 0.15) is 6.54 Å². The molecular formula is C21H19ClN2O3. The minimum absolute atomic E-state index is 0.226. The number of rotatable bonds is 6. The summed E-state index contributed by atoms with van der Waals surface area (Å²) in [5, 5.41) is 4.97. The summed E-state index contributed by atoms with van der Waals surface area (Å²) in [5.74, 6) is -0.494. The molecule has 1 heterocycles. The summed E-state index contributed by atoms with van der Waals surface area (Å²) in [6.07, 6.45) is 0.450. The lowest BCUT2D eigenvalue weighted by molar-refractivity contribution is -0.144. The first kappa shape index (κ1) is 18.9. The van der Waals surface area contributed by atoms with E-state index < -0.39 is 5.97 Å². The number of esters is 1. The lowest BCUT2D eigenvalue weighted by atomic mass is 10.0. The molecule has 6 heteroatoms. The van der Waals surface area contributed by atoms with Crippen molar-refractivity contribution in [3.05, 3.63) is 87.2 Å². The molecule has 0 radical (unpaired) electrons. The highest BCUT2D eigenvalue weighted by Crippen LogP contribution is 2.20. The first-order valence-electron chi connectivity index (χ1n) is 8.63. The third-order valence-corrected chi connectivity index (χ3v) is 4.26. The van der Waals surface area contributed by atoms with E-state index in [-0.39, 0.29) is 18.7 Å². The summed E-state index contributed by atoms with van der Waals surface area (Å²) in [6.45, 7) is 1.75. The van der Waals surface area contributed by atoms with Crippen LogP contribution < -0.4 is 5.56 Å². The molecular weight excluding hydrogens is 364 g/mol. The molecule has 0 unspecified atom stereocenters. The number of carbonyl (C=O) groups excluding carboxylic acids is 1. The molecule has 0 spiro atoms. The zero-order valence-corrected chi connectivity index (χ0v) is 15.6. The maximum absolute atomic E-state index is 12.8. The van der Waals surface area contributed by atoms with Gasteiger partial charge in [-0.15, -0.1) is 0 Å². The predicted octanol–water partition coefficient (Wildman–Crippen LogP) is 3.72. The van der Waals surface area contributed by atoms with E-state index in [1.807, 2.05) is 42.5 Å². The summed E-state index contributed by atoms with van der Waals surface area (Å²) in [7, 11) is 0. The Labute approximate surface area is 162 Å². The molecule has 0 saturated carbocycles. The van der Waals surface area contributed by atoms with Crippen molar-refractivity contribution in [1.29, 1.82) is 0 Å². The zero-order valence-electron chi connectivity index (χ0n) is 14.9. The molecule has 138 valence electrons. The van der Waals surface area contributed by atoms with Crippen LogP contribution in [0, 0.1) is 0 Å². The van der Waals surface area contributed by atoms with Crippen LogP contribution >= 0.6 is 11.6 Å². The molecule has 3 rings (SSSR count). The molecule has 5 nitrogen and oxygen atoms in total. The molecule has 0 amide bonds.